The van der Waals surface area contributed by atoms with Crippen LogP contribution in [0.3, 0.4) is 0 Å². The summed E-state index contributed by atoms with van der Waals surface area (Å²) < 4.78 is 0. The molecular formula is C17H28N2O. The maximum atomic E-state index is 11.8. The maximum absolute atomic E-state index is 11.8. The Hall–Kier alpha value is -1.35. The van der Waals surface area contributed by atoms with Gasteiger partial charge in [-0.15, -0.1) is 0 Å². The van der Waals surface area contributed by atoms with Gasteiger partial charge in [-0.2, -0.15) is 0 Å². The fourth-order valence-corrected chi connectivity index (χ4v) is 2.28. The number of carbonyl (C=O) groups is 1. The smallest absolute Gasteiger partial charge is 0.221 e. The second-order valence-corrected chi connectivity index (χ2v) is 5.80. The minimum atomic E-state index is 0.0252. The predicted octanol–water partition coefficient (Wildman–Crippen LogP) is 3.36. The van der Waals surface area contributed by atoms with Crippen LogP contribution >= 0.6 is 0 Å². The average molecular weight is 276 g/mol. The van der Waals surface area contributed by atoms with Gasteiger partial charge in [0.25, 0.3) is 0 Å². The van der Waals surface area contributed by atoms with Crippen molar-refractivity contribution < 1.29 is 4.79 Å². The van der Waals surface area contributed by atoms with Gasteiger partial charge in [0.05, 0.1) is 6.04 Å². The van der Waals surface area contributed by atoms with Gasteiger partial charge in [0.2, 0.25) is 5.91 Å². The largest absolute Gasteiger partial charge is 0.349 e. The molecule has 1 rings (SSSR count). The van der Waals surface area contributed by atoms with E-state index in [1.54, 1.807) is 0 Å². The Morgan fingerprint density at radius 1 is 1.15 bits per heavy atom. The fourth-order valence-electron chi connectivity index (χ4n) is 2.28. The van der Waals surface area contributed by atoms with Crippen molar-refractivity contribution in [1.29, 1.82) is 0 Å². The van der Waals surface area contributed by atoms with Crippen LogP contribution in [0.15, 0.2) is 24.3 Å². The first-order chi connectivity index (χ1) is 9.49. The van der Waals surface area contributed by atoms with E-state index < -0.39 is 0 Å². The number of hydrogen-bond acceptors (Lipinski definition) is 2. The fraction of sp³-hybridized carbons (Fsp3) is 0.588. The van der Waals surface area contributed by atoms with E-state index in [9.17, 15) is 4.79 Å². The number of hydrogen-bond donors (Lipinski definition) is 2. The summed E-state index contributed by atoms with van der Waals surface area (Å²) in [6.45, 7) is 9.07. The van der Waals surface area contributed by atoms with E-state index in [4.69, 9.17) is 5.73 Å². The minimum absolute atomic E-state index is 0.0252. The van der Waals surface area contributed by atoms with E-state index >= 15 is 0 Å². The zero-order chi connectivity index (χ0) is 15.1. The summed E-state index contributed by atoms with van der Waals surface area (Å²) in [5, 5.41) is 3.08. The van der Waals surface area contributed by atoms with E-state index in [2.05, 4.69) is 57.3 Å². The van der Waals surface area contributed by atoms with Crippen LogP contribution in [0, 0.1) is 5.92 Å². The number of nitrogens with two attached hydrogens (primary N) is 1. The molecule has 3 N–H and O–H groups in total. The topological polar surface area (TPSA) is 55.1 Å². The highest BCUT2D eigenvalue weighted by molar-refractivity contribution is 5.76. The van der Waals surface area contributed by atoms with Crippen molar-refractivity contribution in [3.05, 3.63) is 35.4 Å². The van der Waals surface area contributed by atoms with E-state index in [-0.39, 0.29) is 11.9 Å². The number of benzene rings is 1. The molecule has 0 radical (unpaired) electrons. The van der Waals surface area contributed by atoms with E-state index in [0.29, 0.717) is 24.8 Å². The Labute approximate surface area is 122 Å². The molecule has 3 heteroatoms. The van der Waals surface area contributed by atoms with Crippen molar-refractivity contribution in [3.63, 3.8) is 0 Å². The molecule has 0 aliphatic heterocycles. The van der Waals surface area contributed by atoms with E-state index in [0.717, 1.165) is 12.0 Å². The number of nitrogens with one attached hydrogen (secondary N) is 1. The first kappa shape index (κ1) is 16.7. The molecule has 0 aromatic heterocycles. The molecule has 1 amide bonds. The van der Waals surface area contributed by atoms with Gasteiger partial charge in [0.1, 0.15) is 0 Å². The molecule has 20 heavy (non-hydrogen) atoms. The quantitative estimate of drug-likeness (QED) is 0.802. The third-order valence-electron chi connectivity index (χ3n) is 3.83. The van der Waals surface area contributed by atoms with Crippen LogP contribution in [0.1, 0.15) is 63.6 Å². The molecule has 112 valence electrons. The molecule has 1 aromatic carbocycles. The van der Waals surface area contributed by atoms with Crippen LogP contribution < -0.4 is 11.1 Å². The third-order valence-corrected chi connectivity index (χ3v) is 3.83. The zero-order valence-corrected chi connectivity index (χ0v) is 13.1. The Morgan fingerprint density at radius 3 is 2.15 bits per heavy atom. The first-order valence-electron chi connectivity index (χ1n) is 7.58. The molecule has 0 fully saturated rings. The second kappa shape index (κ2) is 8.05. The average Bonchev–Trinajstić information content (AvgIpc) is 2.44. The van der Waals surface area contributed by atoms with Crippen LogP contribution in [-0.2, 0) is 4.79 Å². The summed E-state index contributed by atoms with van der Waals surface area (Å²) in [5.41, 5.74) is 7.95. The van der Waals surface area contributed by atoms with Gasteiger partial charge in [0.15, 0.2) is 0 Å². The summed E-state index contributed by atoms with van der Waals surface area (Å²) >= 11 is 0. The highest BCUT2D eigenvalue weighted by atomic mass is 16.1. The summed E-state index contributed by atoms with van der Waals surface area (Å²) in [6.07, 6.45) is 1.52. The monoisotopic (exact) mass is 276 g/mol. The number of carbonyl (C=O) groups excluding carboxylic acids is 1. The maximum Gasteiger partial charge on any atom is 0.221 e. The van der Waals surface area contributed by atoms with Gasteiger partial charge >= 0.3 is 0 Å². The molecule has 2 atom stereocenters. The Kier molecular flexibility index (Phi) is 6.73. The van der Waals surface area contributed by atoms with Crippen molar-refractivity contribution in [2.24, 2.45) is 11.7 Å². The van der Waals surface area contributed by atoms with Gasteiger partial charge in [-0.1, -0.05) is 52.0 Å². The number of rotatable bonds is 7. The molecule has 0 saturated heterocycles. The van der Waals surface area contributed by atoms with Crippen molar-refractivity contribution in [3.8, 4) is 0 Å². The van der Waals surface area contributed by atoms with Crippen LogP contribution in [-0.4, -0.2) is 12.5 Å². The predicted molar refractivity (Wildman–Crippen MR) is 84.5 cm³/mol. The number of amides is 1. The highest BCUT2D eigenvalue weighted by Gasteiger charge is 2.18. The summed E-state index contributed by atoms with van der Waals surface area (Å²) in [4.78, 5) is 11.8. The lowest BCUT2D eigenvalue weighted by Gasteiger charge is -2.23. The summed E-state index contributed by atoms with van der Waals surface area (Å²) in [7, 11) is 0. The molecular weight excluding hydrogens is 248 g/mol. The van der Waals surface area contributed by atoms with Crippen LogP contribution in [0.5, 0.6) is 0 Å². The van der Waals surface area contributed by atoms with Crippen LogP contribution in [0.25, 0.3) is 0 Å². The van der Waals surface area contributed by atoms with E-state index in [1.165, 1.54) is 5.56 Å². The molecule has 2 unspecified atom stereocenters. The van der Waals surface area contributed by atoms with Crippen molar-refractivity contribution in [1.82, 2.24) is 5.32 Å². The lowest BCUT2D eigenvalue weighted by Crippen LogP contribution is -2.32. The normalized spacial score (nSPS) is 14.1. The van der Waals surface area contributed by atoms with Crippen molar-refractivity contribution in [2.75, 3.05) is 6.54 Å². The van der Waals surface area contributed by atoms with Gasteiger partial charge in [-0.3, -0.25) is 4.79 Å². The second-order valence-electron chi connectivity index (χ2n) is 5.80. The molecule has 0 saturated carbocycles. The molecule has 3 nitrogen and oxygen atoms in total. The Morgan fingerprint density at radius 2 is 1.70 bits per heavy atom. The lowest BCUT2D eigenvalue weighted by molar-refractivity contribution is -0.122. The van der Waals surface area contributed by atoms with Gasteiger partial charge in [0, 0.05) is 13.0 Å². The van der Waals surface area contributed by atoms with Gasteiger partial charge in [-0.25, -0.2) is 0 Å². The molecule has 0 bridgehead atoms. The van der Waals surface area contributed by atoms with Crippen molar-refractivity contribution >= 4 is 5.91 Å². The first-order valence-corrected chi connectivity index (χ1v) is 7.58. The van der Waals surface area contributed by atoms with E-state index in [1.807, 2.05) is 0 Å². The lowest BCUT2D eigenvalue weighted by atomic mass is 9.92. The molecule has 0 heterocycles. The molecule has 0 aliphatic carbocycles. The molecule has 1 aromatic rings. The highest BCUT2D eigenvalue weighted by Crippen LogP contribution is 2.25. The van der Waals surface area contributed by atoms with Gasteiger partial charge in [-0.05, 0) is 29.4 Å². The standard InChI is InChI=1S/C17H28N2O/c1-5-13(4)14-6-8-15(9-7-14)17(12(2)3)19-16(20)10-11-18/h6-9,12-13,17H,5,10-11,18H2,1-4H3,(H,19,20). The summed E-state index contributed by atoms with van der Waals surface area (Å²) in [5.74, 6) is 0.955. The van der Waals surface area contributed by atoms with Crippen LogP contribution in [0.4, 0.5) is 0 Å². The summed E-state index contributed by atoms with van der Waals surface area (Å²) in [6, 6.07) is 8.67. The SMILES string of the molecule is CCC(C)c1ccc(C(NC(=O)CCN)C(C)C)cc1. The molecule has 0 aliphatic rings. The Balaban J connectivity index is 2.84. The molecule has 0 spiro atoms. The third kappa shape index (κ3) is 4.64. The van der Waals surface area contributed by atoms with Crippen molar-refractivity contribution in [2.45, 2.75) is 52.5 Å². The zero-order valence-electron chi connectivity index (χ0n) is 13.1. The van der Waals surface area contributed by atoms with Gasteiger partial charge < -0.3 is 11.1 Å². The Bertz CT molecular complexity index is 412. The van der Waals surface area contributed by atoms with Crippen LogP contribution in [0.2, 0.25) is 0 Å². The minimum Gasteiger partial charge on any atom is -0.349 e.